The van der Waals surface area contributed by atoms with Crippen LogP contribution in [0.1, 0.15) is 49.2 Å². The molecule has 4 nitrogen and oxygen atoms in total. The number of halogens is 3. The molecule has 142 valence electrons. The van der Waals surface area contributed by atoms with Crippen LogP contribution in [0.4, 0.5) is 13.2 Å². The van der Waals surface area contributed by atoms with Crippen LogP contribution in [0.3, 0.4) is 0 Å². The van der Waals surface area contributed by atoms with E-state index in [-0.39, 0.29) is 16.9 Å². The highest BCUT2D eigenvalue weighted by Gasteiger charge is 2.34. The summed E-state index contributed by atoms with van der Waals surface area (Å²) in [4.78, 5) is 18.2. The molecule has 0 aliphatic heterocycles. The number of hydrogen-bond acceptors (Lipinski definition) is 2. The van der Waals surface area contributed by atoms with Crippen molar-refractivity contribution in [2.45, 2.75) is 38.4 Å². The first-order valence-corrected chi connectivity index (χ1v) is 8.79. The average Bonchev–Trinajstić information content (AvgIpc) is 3.09. The zero-order valence-corrected chi connectivity index (χ0v) is 14.8. The molecule has 7 heteroatoms. The van der Waals surface area contributed by atoms with Crippen molar-refractivity contribution in [2.75, 3.05) is 0 Å². The third-order valence-corrected chi connectivity index (χ3v) is 4.30. The van der Waals surface area contributed by atoms with E-state index in [1.165, 1.54) is 6.07 Å². The first-order chi connectivity index (χ1) is 12.9. The predicted octanol–water partition coefficient (Wildman–Crippen LogP) is 4.98. The van der Waals surface area contributed by atoms with Crippen molar-refractivity contribution in [3.63, 3.8) is 0 Å². The van der Waals surface area contributed by atoms with Crippen LogP contribution in [0.15, 0.2) is 48.5 Å². The summed E-state index contributed by atoms with van der Waals surface area (Å²) in [6.07, 6.45) is -2.44. The zero-order valence-electron chi connectivity index (χ0n) is 14.8. The second-order valence-corrected chi connectivity index (χ2v) is 6.37. The van der Waals surface area contributed by atoms with Crippen molar-refractivity contribution in [1.29, 1.82) is 0 Å². The Hall–Kier alpha value is -2.83. The van der Waals surface area contributed by atoms with Crippen LogP contribution in [0, 0.1) is 0 Å². The van der Waals surface area contributed by atoms with Crippen LogP contribution in [0.25, 0.3) is 11.0 Å². The molecule has 0 saturated carbocycles. The highest BCUT2D eigenvalue weighted by atomic mass is 19.4. The van der Waals surface area contributed by atoms with Gasteiger partial charge in [-0.1, -0.05) is 49.7 Å². The standard InChI is InChI=1S/C20H20F3N3O/c1-2-3-9-17(27)26-18(13-7-5-4-6-8-13)14-10-11-15-16(12-14)25-19(24-15)20(21,22)23/h4-8,10-12,18H,2-3,9H2,1H3,(H,24,25)(H,26,27)/t18-/m1/s1. The molecule has 1 aromatic heterocycles. The van der Waals surface area contributed by atoms with E-state index < -0.39 is 18.0 Å². The number of aromatic amines is 1. The predicted molar refractivity (Wildman–Crippen MR) is 97.0 cm³/mol. The minimum Gasteiger partial charge on any atom is -0.345 e. The van der Waals surface area contributed by atoms with Crippen LogP contribution >= 0.6 is 0 Å². The fraction of sp³-hybridized carbons (Fsp3) is 0.300. The number of fused-ring (bicyclic) bond motifs is 1. The van der Waals surface area contributed by atoms with Crippen molar-refractivity contribution in [1.82, 2.24) is 15.3 Å². The smallest absolute Gasteiger partial charge is 0.345 e. The summed E-state index contributed by atoms with van der Waals surface area (Å²) in [6, 6.07) is 13.7. The summed E-state index contributed by atoms with van der Waals surface area (Å²) in [5, 5.41) is 2.99. The van der Waals surface area contributed by atoms with Gasteiger partial charge in [-0.2, -0.15) is 13.2 Å². The van der Waals surface area contributed by atoms with Gasteiger partial charge in [-0.3, -0.25) is 4.79 Å². The van der Waals surface area contributed by atoms with Gasteiger partial charge in [0, 0.05) is 6.42 Å². The number of aromatic nitrogens is 2. The van der Waals surface area contributed by atoms with E-state index in [2.05, 4.69) is 15.3 Å². The Labute approximate surface area is 154 Å². The molecule has 0 spiro atoms. The van der Waals surface area contributed by atoms with Gasteiger partial charge in [-0.05, 0) is 29.7 Å². The normalized spacial score (nSPS) is 12.9. The SMILES string of the molecule is CCCCC(=O)N[C@H](c1ccccc1)c1ccc2nc(C(F)(F)F)[nH]c2c1. The number of rotatable bonds is 6. The topological polar surface area (TPSA) is 57.8 Å². The van der Waals surface area contributed by atoms with E-state index in [1.54, 1.807) is 12.1 Å². The Kier molecular flexibility index (Phi) is 5.48. The van der Waals surface area contributed by atoms with Crippen LogP contribution in [0.5, 0.6) is 0 Å². The van der Waals surface area contributed by atoms with E-state index in [9.17, 15) is 18.0 Å². The number of amides is 1. The second kappa shape index (κ2) is 7.82. The van der Waals surface area contributed by atoms with Gasteiger partial charge in [-0.25, -0.2) is 4.98 Å². The number of carbonyl (C=O) groups is 1. The van der Waals surface area contributed by atoms with Crippen molar-refractivity contribution in [2.24, 2.45) is 0 Å². The number of alkyl halides is 3. The zero-order chi connectivity index (χ0) is 19.4. The van der Waals surface area contributed by atoms with E-state index in [4.69, 9.17) is 0 Å². The lowest BCUT2D eigenvalue weighted by Crippen LogP contribution is -2.29. The Bertz CT molecular complexity index is 919. The summed E-state index contributed by atoms with van der Waals surface area (Å²) in [5.41, 5.74) is 2.06. The van der Waals surface area contributed by atoms with Gasteiger partial charge < -0.3 is 10.3 Å². The summed E-state index contributed by atoms with van der Waals surface area (Å²) in [5.74, 6) is -1.12. The first kappa shape index (κ1) is 18.9. The third kappa shape index (κ3) is 4.48. The number of H-pyrrole nitrogens is 1. The Morgan fingerprint density at radius 2 is 1.89 bits per heavy atom. The lowest BCUT2D eigenvalue weighted by atomic mass is 9.98. The van der Waals surface area contributed by atoms with Gasteiger partial charge in [0.15, 0.2) is 0 Å². The molecular weight excluding hydrogens is 355 g/mol. The van der Waals surface area contributed by atoms with Gasteiger partial charge >= 0.3 is 6.18 Å². The maximum absolute atomic E-state index is 12.9. The molecule has 1 heterocycles. The Balaban J connectivity index is 1.97. The molecule has 0 unspecified atom stereocenters. The summed E-state index contributed by atoms with van der Waals surface area (Å²) in [7, 11) is 0. The minimum atomic E-state index is -4.54. The molecule has 0 fully saturated rings. The summed E-state index contributed by atoms with van der Waals surface area (Å²) < 4.78 is 38.7. The molecule has 0 aliphatic rings. The van der Waals surface area contributed by atoms with Crippen molar-refractivity contribution in [3.8, 4) is 0 Å². The van der Waals surface area contributed by atoms with Crippen molar-refractivity contribution < 1.29 is 18.0 Å². The number of nitrogens with zero attached hydrogens (tertiary/aromatic N) is 1. The molecule has 1 atom stereocenters. The molecular formula is C20H20F3N3O. The molecule has 0 bridgehead atoms. The molecule has 0 saturated heterocycles. The number of imidazole rings is 1. The monoisotopic (exact) mass is 375 g/mol. The van der Waals surface area contributed by atoms with Gasteiger partial charge in [-0.15, -0.1) is 0 Å². The minimum absolute atomic E-state index is 0.0913. The molecule has 3 rings (SSSR count). The quantitative estimate of drug-likeness (QED) is 0.639. The van der Waals surface area contributed by atoms with Crippen molar-refractivity contribution in [3.05, 3.63) is 65.5 Å². The van der Waals surface area contributed by atoms with Gasteiger partial charge in [0.2, 0.25) is 11.7 Å². The average molecular weight is 375 g/mol. The molecule has 0 radical (unpaired) electrons. The van der Waals surface area contributed by atoms with E-state index in [1.807, 2.05) is 37.3 Å². The number of nitrogens with one attached hydrogen (secondary N) is 2. The number of unbranched alkanes of at least 4 members (excludes halogenated alkanes) is 1. The Morgan fingerprint density at radius 1 is 1.15 bits per heavy atom. The fourth-order valence-corrected chi connectivity index (χ4v) is 2.92. The summed E-state index contributed by atoms with van der Waals surface area (Å²) in [6.45, 7) is 2.01. The molecule has 0 aliphatic carbocycles. The highest BCUT2D eigenvalue weighted by Crippen LogP contribution is 2.30. The first-order valence-electron chi connectivity index (χ1n) is 8.79. The third-order valence-electron chi connectivity index (χ3n) is 4.30. The number of carbonyl (C=O) groups excluding carboxylic acids is 1. The van der Waals surface area contributed by atoms with Crippen LogP contribution in [-0.2, 0) is 11.0 Å². The molecule has 27 heavy (non-hydrogen) atoms. The molecule has 3 aromatic rings. The van der Waals surface area contributed by atoms with Crippen LogP contribution in [0.2, 0.25) is 0 Å². The van der Waals surface area contributed by atoms with Gasteiger partial charge in [0.25, 0.3) is 0 Å². The maximum Gasteiger partial charge on any atom is 0.449 e. The van der Waals surface area contributed by atoms with Crippen molar-refractivity contribution >= 4 is 16.9 Å². The van der Waals surface area contributed by atoms with E-state index in [0.717, 1.165) is 18.4 Å². The van der Waals surface area contributed by atoms with Crippen LogP contribution < -0.4 is 5.32 Å². The Morgan fingerprint density at radius 3 is 2.56 bits per heavy atom. The lowest BCUT2D eigenvalue weighted by Gasteiger charge is -2.20. The van der Waals surface area contributed by atoms with Crippen LogP contribution in [-0.4, -0.2) is 15.9 Å². The number of hydrogen-bond donors (Lipinski definition) is 2. The molecule has 1 amide bonds. The highest BCUT2D eigenvalue weighted by molar-refractivity contribution is 5.79. The lowest BCUT2D eigenvalue weighted by molar-refractivity contribution is -0.144. The molecule has 2 N–H and O–H groups in total. The largest absolute Gasteiger partial charge is 0.449 e. The van der Waals surface area contributed by atoms with Gasteiger partial charge in [0.1, 0.15) is 0 Å². The molecule has 2 aromatic carbocycles. The summed E-state index contributed by atoms with van der Waals surface area (Å²) >= 11 is 0. The maximum atomic E-state index is 12.9. The second-order valence-electron chi connectivity index (χ2n) is 6.37. The van der Waals surface area contributed by atoms with E-state index >= 15 is 0 Å². The fourth-order valence-electron chi connectivity index (χ4n) is 2.92. The number of benzene rings is 2. The van der Waals surface area contributed by atoms with Gasteiger partial charge in [0.05, 0.1) is 17.1 Å². The van der Waals surface area contributed by atoms with E-state index in [0.29, 0.717) is 12.0 Å².